The normalized spacial score (nSPS) is 44.8. The van der Waals surface area contributed by atoms with Gasteiger partial charge in [0.05, 0.1) is 6.61 Å². The van der Waals surface area contributed by atoms with E-state index in [1.165, 1.54) is 18.4 Å². The Kier molecular flexibility index (Phi) is 5.00. The molecule has 1 aromatic rings. The van der Waals surface area contributed by atoms with Gasteiger partial charge < -0.3 is 9.47 Å². The molecule has 5 fully saturated rings. The zero-order chi connectivity index (χ0) is 19.4. The Morgan fingerprint density at radius 3 is 2.89 bits per heavy atom. The largest absolute Gasteiger partial charge is 0.349 e. The number of fused-ring (bicyclic) bond motifs is 2. The van der Waals surface area contributed by atoms with Crippen LogP contribution in [0.3, 0.4) is 0 Å². The summed E-state index contributed by atoms with van der Waals surface area (Å²) in [6.45, 7) is 5.10. The van der Waals surface area contributed by atoms with Crippen LogP contribution in [0.1, 0.15) is 57.9 Å². The number of aryl methyl sites for hydroxylation is 1. The molecule has 0 N–H and O–H groups in total. The van der Waals surface area contributed by atoms with Crippen LogP contribution in [0, 0.1) is 23.7 Å². The van der Waals surface area contributed by atoms with Gasteiger partial charge in [-0.25, -0.2) is 9.78 Å². The average molecular weight is 407 g/mol. The summed E-state index contributed by atoms with van der Waals surface area (Å²) in [5.41, 5.74) is 0.869. The van der Waals surface area contributed by atoms with Crippen LogP contribution in [0.5, 0.6) is 0 Å². The van der Waals surface area contributed by atoms with Gasteiger partial charge in [-0.15, -0.1) is 0 Å². The zero-order valence-electron chi connectivity index (χ0n) is 16.9. The Balaban J connectivity index is 1.34. The molecule has 7 atom stereocenters. The lowest BCUT2D eigenvalue weighted by Crippen LogP contribution is -2.69. The SMILES string of the molecule is C[C@@H]1CC[C@H]2[C@@H](CCCc3cccc(Cl)c3)COC3O[C@@]4(C)CC[C@@H]1[C@]32OO4. The number of hydrogen-bond donors (Lipinski definition) is 0. The Hall–Kier alpha value is -0.650. The molecule has 5 heteroatoms. The first kappa shape index (κ1) is 19.3. The first-order chi connectivity index (χ1) is 13.5. The zero-order valence-corrected chi connectivity index (χ0v) is 17.6. The Bertz CT molecular complexity index is 726. The van der Waals surface area contributed by atoms with E-state index < -0.39 is 11.4 Å². The molecular weight excluding hydrogens is 376 g/mol. The molecule has 1 aliphatic carbocycles. The summed E-state index contributed by atoms with van der Waals surface area (Å²) >= 11 is 6.14. The summed E-state index contributed by atoms with van der Waals surface area (Å²) in [5.74, 6) is 1.31. The van der Waals surface area contributed by atoms with Gasteiger partial charge in [0.1, 0.15) is 0 Å². The summed E-state index contributed by atoms with van der Waals surface area (Å²) in [7, 11) is 0. The topological polar surface area (TPSA) is 36.9 Å². The fourth-order valence-electron chi connectivity index (χ4n) is 6.27. The first-order valence-corrected chi connectivity index (χ1v) is 11.3. The molecule has 4 saturated heterocycles. The fourth-order valence-corrected chi connectivity index (χ4v) is 6.48. The number of ether oxygens (including phenoxy) is 2. The molecule has 0 aromatic heterocycles. The predicted octanol–water partition coefficient (Wildman–Crippen LogP) is 5.52. The monoisotopic (exact) mass is 406 g/mol. The van der Waals surface area contributed by atoms with Crippen LogP contribution < -0.4 is 0 Å². The van der Waals surface area contributed by atoms with Crippen molar-refractivity contribution in [2.75, 3.05) is 6.61 Å². The van der Waals surface area contributed by atoms with Gasteiger partial charge in [0, 0.05) is 17.4 Å². The van der Waals surface area contributed by atoms with E-state index in [1.54, 1.807) is 0 Å². The lowest BCUT2D eigenvalue weighted by atomic mass is 9.57. The molecule has 4 heterocycles. The van der Waals surface area contributed by atoms with Gasteiger partial charge in [0.2, 0.25) is 5.79 Å². The molecule has 4 aliphatic heterocycles. The van der Waals surface area contributed by atoms with E-state index in [2.05, 4.69) is 19.1 Å². The maximum Gasteiger partial charge on any atom is 0.201 e. The van der Waals surface area contributed by atoms with Crippen LogP contribution in [0.15, 0.2) is 24.3 Å². The summed E-state index contributed by atoms with van der Waals surface area (Å²) in [6.07, 6.45) is 7.40. The van der Waals surface area contributed by atoms with Gasteiger partial charge in [-0.1, -0.05) is 30.7 Å². The molecule has 1 unspecified atom stereocenters. The summed E-state index contributed by atoms with van der Waals surface area (Å²) < 4.78 is 12.7. The number of benzene rings is 1. The van der Waals surface area contributed by atoms with E-state index in [-0.39, 0.29) is 6.29 Å². The van der Waals surface area contributed by atoms with E-state index in [1.807, 2.05) is 19.1 Å². The minimum absolute atomic E-state index is 0.296. The summed E-state index contributed by atoms with van der Waals surface area (Å²) in [6, 6.07) is 8.20. The Morgan fingerprint density at radius 2 is 2.04 bits per heavy atom. The van der Waals surface area contributed by atoms with E-state index in [0.717, 1.165) is 43.7 Å². The van der Waals surface area contributed by atoms with Crippen LogP contribution in [-0.2, 0) is 25.7 Å². The van der Waals surface area contributed by atoms with Gasteiger partial charge in [-0.05, 0) is 80.9 Å². The third-order valence-electron chi connectivity index (χ3n) is 7.74. The molecule has 1 aromatic carbocycles. The second kappa shape index (κ2) is 7.24. The molecule has 6 rings (SSSR count). The first-order valence-electron chi connectivity index (χ1n) is 10.9. The van der Waals surface area contributed by atoms with Gasteiger partial charge in [-0.2, -0.15) is 0 Å². The highest BCUT2D eigenvalue weighted by molar-refractivity contribution is 6.30. The maximum absolute atomic E-state index is 6.33. The van der Waals surface area contributed by atoms with Crippen LogP contribution >= 0.6 is 11.6 Å². The van der Waals surface area contributed by atoms with Gasteiger partial charge in [0.25, 0.3) is 0 Å². The van der Waals surface area contributed by atoms with Gasteiger partial charge in [0.15, 0.2) is 11.9 Å². The van der Waals surface area contributed by atoms with Crippen LogP contribution in [0.25, 0.3) is 0 Å². The summed E-state index contributed by atoms with van der Waals surface area (Å²) in [4.78, 5) is 12.1. The van der Waals surface area contributed by atoms with Crippen molar-refractivity contribution in [2.24, 2.45) is 23.7 Å². The highest BCUT2D eigenvalue weighted by Gasteiger charge is 2.68. The van der Waals surface area contributed by atoms with E-state index in [4.69, 9.17) is 30.8 Å². The second-order valence-electron chi connectivity index (χ2n) is 9.53. The Morgan fingerprint density at radius 1 is 1.14 bits per heavy atom. The molecule has 1 spiro atoms. The Labute approximate surface area is 172 Å². The molecule has 0 amide bonds. The fraction of sp³-hybridized carbons (Fsp3) is 0.739. The van der Waals surface area contributed by atoms with E-state index in [9.17, 15) is 0 Å². The van der Waals surface area contributed by atoms with Crippen molar-refractivity contribution in [1.82, 2.24) is 0 Å². The highest BCUT2D eigenvalue weighted by Crippen LogP contribution is 2.60. The van der Waals surface area contributed by atoms with Crippen molar-refractivity contribution in [3.8, 4) is 0 Å². The van der Waals surface area contributed by atoms with Gasteiger partial charge >= 0.3 is 0 Å². The highest BCUT2D eigenvalue weighted by atomic mass is 35.5. The van der Waals surface area contributed by atoms with Gasteiger partial charge in [-0.3, -0.25) is 0 Å². The second-order valence-corrected chi connectivity index (χ2v) is 9.96. The lowest BCUT2D eigenvalue weighted by Gasteiger charge is -2.59. The average Bonchev–Trinajstić information content (AvgIpc) is 2.90. The van der Waals surface area contributed by atoms with Crippen molar-refractivity contribution in [1.29, 1.82) is 0 Å². The van der Waals surface area contributed by atoms with Crippen molar-refractivity contribution < 1.29 is 19.2 Å². The number of rotatable bonds is 4. The molecular formula is C23H31ClO4. The number of hydrogen-bond acceptors (Lipinski definition) is 4. The third kappa shape index (κ3) is 3.13. The van der Waals surface area contributed by atoms with Crippen LogP contribution in [-0.4, -0.2) is 24.3 Å². The van der Waals surface area contributed by atoms with Crippen molar-refractivity contribution in [3.63, 3.8) is 0 Å². The predicted molar refractivity (Wildman–Crippen MR) is 107 cm³/mol. The molecule has 28 heavy (non-hydrogen) atoms. The molecule has 0 radical (unpaired) electrons. The maximum atomic E-state index is 6.33. The standard InChI is InChI=1S/C23H31ClO4/c1-15-9-10-20-17(7-3-5-16-6-4-8-18(24)13-16)14-25-21-23(20)19(15)11-12-22(2,26-21)27-28-23/h4,6,8,13,15,17,19-21H,3,5,7,9-12,14H2,1-2H3/t15-,17+,19+,20+,21?,22-,23-/m1/s1. The van der Waals surface area contributed by atoms with Crippen molar-refractivity contribution in [3.05, 3.63) is 34.9 Å². The number of halogens is 1. The molecule has 154 valence electrons. The minimum Gasteiger partial charge on any atom is -0.349 e. The van der Waals surface area contributed by atoms with Crippen molar-refractivity contribution >= 4 is 11.6 Å². The molecule has 1 saturated carbocycles. The van der Waals surface area contributed by atoms with Crippen molar-refractivity contribution in [2.45, 2.75) is 76.5 Å². The van der Waals surface area contributed by atoms with Crippen LogP contribution in [0.2, 0.25) is 5.02 Å². The quantitative estimate of drug-likeness (QED) is 0.616. The molecule has 5 aliphatic rings. The minimum atomic E-state index is -0.670. The van der Waals surface area contributed by atoms with E-state index >= 15 is 0 Å². The molecule has 2 bridgehead atoms. The molecule has 4 nitrogen and oxygen atoms in total. The summed E-state index contributed by atoms with van der Waals surface area (Å²) in [5, 5.41) is 0.816. The smallest absolute Gasteiger partial charge is 0.201 e. The van der Waals surface area contributed by atoms with E-state index in [0.29, 0.717) is 23.7 Å². The lowest BCUT2D eigenvalue weighted by molar-refractivity contribution is -0.567. The third-order valence-corrected chi connectivity index (χ3v) is 7.97. The van der Waals surface area contributed by atoms with Crippen LogP contribution in [0.4, 0.5) is 0 Å².